The van der Waals surface area contributed by atoms with E-state index in [0.29, 0.717) is 28.8 Å². The van der Waals surface area contributed by atoms with E-state index in [0.717, 1.165) is 36.4 Å². The van der Waals surface area contributed by atoms with Crippen LogP contribution in [0.1, 0.15) is 47.2 Å². The molecule has 0 aliphatic carbocycles. The van der Waals surface area contributed by atoms with Crippen molar-refractivity contribution in [2.24, 2.45) is 5.73 Å². The number of piperidine rings is 1. The Balaban J connectivity index is 1.65. The SMILES string of the molecule is CC(=O)CSc1cc(Cl)cc(C(=O)N2CCC(c3cccc(CN)c3)CC2)c1. The van der Waals surface area contributed by atoms with Crippen LogP contribution in [0.25, 0.3) is 0 Å². The van der Waals surface area contributed by atoms with Crippen molar-refractivity contribution in [3.63, 3.8) is 0 Å². The number of hydrogen-bond donors (Lipinski definition) is 1. The average Bonchev–Trinajstić information content (AvgIpc) is 2.71. The number of amides is 1. The second-order valence-electron chi connectivity index (χ2n) is 7.18. The number of nitrogens with zero attached hydrogens (tertiary/aromatic N) is 1. The molecule has 0 spiro atoms. The summed E-state index contributed by atoms with van der Waals surface area (Å²) in [4.78, 5) is 26.9. The first-order chi connectivity index (χ1) is 13.5. The summed E-state index contributed by atoms with van der Waals surface area (Å²) in [7, 11) is 0. The predicted molar refractivity (Wildman–Crippen MR) is 115 cm³/mol. The van der Waals surface area contributed by atoms with Crippen LogP contribution >= 0.6 is 23.4 Å². The zero-order valence-corrected chi connectivity index (χ0v) is 17.6. The van der Waals surface area contributed by atoms with Gasteiger partial charge < -0.3 is 10.6 Å². The first-order valence-electron chi connectivity index (χ1n) is 9.47. The fraction of sp³-hybridized carbons (Fsp3) is 0.364. The van der Waals surface area contributed by atoms with E-state index in [1.54, 1.807) is 19.1 Å². The molecular weight excluding hydrogens is 392 g/mol. The standard InChI is InChI=1S/C22H25ClN2O2S/c1-15(26)14-28-21-11-19(10-20(23)12-21)22(27)25-7-5-17(6-8-25)18-4-2-3-16(9-18)13-24/h2-4,9-12,17H,5-8,13-14,24H2,1H3. The van der Waals surface area contributed by atoms with Gasteiger partial charge >= 0.3 is 0 Å². The summed E-state index contributed by atoms with van der Waals surface area (Å²) in [6.45, 7) is 3.54. The lowest BCUT2D eigenvalue weighted by molar-refractivity contribution is -0.114. The maximum Gasteiger partial charge on any atom is 0.253 e. The minimum absolute atomic E-state index is 0.00124. The Bertz CT molecular complexity index is 863. The minimum Gasteiger partial charge on any atom is -0.339 e. The van der Waals surface area contributed by atoms with E-state index in [9.17, 15) is 9.59 Å². The summed E-state index contributed by atoms with van der Waals surface area (Å²) in [6, 6.07) is 13.8. The van der Waals surface area contributed by atoms with Crippen LogP contribution in [0.2, 0.25) is 5.02 Å². The molecule has 0 unspecified atom stereocenters. The number of carbonyl (C=O) groups excluding carboxylic acids is 2. The molecule has 0 aromatic heterocycles. The lowest BCUT2D eigenvalue weighted by Gasteiger charge is -2.32. The molecule has 2 aromatic carbocycles. The van der Waals surface area contributed by atoms with Gasteiger partial charge in [-0.05, 0) is 55.0 Å². The molecule has 1 amide bonds. The number of carbonyl (C=O) groups is 2. The first kappa shape index (κ1) is 20.9. The Kier molecular flexibility index (Phi) is 7.16. The number of nitrogens with two attached hydrogens (primary N) is 1. The second-order valence-corrected chi connectivity index (χ2v) is 8.67. The first-order valence-corrected chi connectivity index (χ1v) is 10.8. The van der Waals surface area contributed by atoms with Crippen LogP contribution in [-0.4, -0.2) is 35.4 Å². The Morgan fingerprint density at radius 1 is 1.18 bits per heavy atom. The third-order valence-corrected chi connectivity index (χ3v) is 6.34. The van der Waals surface area contributed by atoms with E-state index in [1.165, 1.54) is 17.3 Å². The number of thioether (sulfide) groups is 1. The minimum atomic E-state index is 0.00124. The largest absolute Gasteiger partial charge is 0.339 e. The van der Waals surface area contributed by atoms with Crippen molar-refractivity contribution in [2.75, 3.05) is 18.8 Å². The van der Waals surface area contributed by atoms with E-state index >= 15 is 0 Å². The Morgan fingerprint density at radius 2 is 1.93 bits per heavy atom. The lowest BCUT2D eigenvalue weighted by atomic mass is 9.88. The van der Waals surface area contributed by atoms with Gasteiger partial charge in [-0.25, -0.2) is 0 Å². The van der Waals surface area contributed by atoms with Crippen LogP contribution in [0.5, 0.6) is 0 Å². The maximum atomic E-state index is 13.0. The van der Waals surface area contributed by atoms with Gasteiger partial charge in [-0.1, -0.05) is 35.9 Å². The molecule has 1 fully saturated rings. The van der Waals surface area contributed by atoms with Gasteiger partial charge in [0.25, 0.3) is 5.91 Å². The van der Waals surface area contributed by atoms with Crippen molar-refractivity contribution in [3.8, 4) is 0 Å². The van der Waals surface area contributed by atoms with Crippen LogP contribution in [0.3, 0.4) is 0 Å². The summed E-state index contributed by atoms with van der Waals surface area (Å²) in [5, 5.41) is 0.519. The Labute approximate surface area is 175 Å². The molecule has 148 valence electrons. The molecule has 0 bridgehead atoms. The van der Waals surface area contributed by atoms with E-state index in [-0.39, 0.29) is 11.7 Å². The second kappa shape index (κ2) is 9.59. The number of likely N-dealkylation sites (tertiary alicyclic amines) is 1. The van der Waals surface area contributed by atoms with Gasteiger partial charge in [0.2, 0.25) is 0 Å². The number of Topliss-reactive ketones (excluding diaryl/α,β-unsaturated/α-hetero) is 1. The number of ketones is 1. The molecular formula is C22H25ClN2O2S. The van der Waals surface area contributed by atoms with Crippen molar-refractivity contribution in [1.82, 2.24) is 4.90 Å². The summed E-state index contributed by atoms with van der Waals surface area (Å²) < 4.78 is 0. The zero-order chi connectivity index (χ0) is 20.1. The molecule has 1 saturated heterocycles. The molecule has 1 heterocycles. The molecule has 2 aromatic rings. The highest BCUT2D eigenvalue weighted by molar-refractivity contribution is 8.00. The number of halogens is 1. The van der Waals surface area contributed by atoms with Crippen LogP contribution in [0.15, 0.2) is 47.4 Å². The van der Waals surface area contributed by atoms with E-state index in [4.69, 9.17) is 17.3 Å². The highest BCUT2D eigenvalue weighted by Crippen LogP contribution is 2.30. The van der Waals surface area contributed by atoms with Crippen molar-refractivity contribution in [1.29, 1.82) is 0 Å². The maximum absolute atomic E-state index is 13.0. The predicted octanol–water partition coefficient (Wildman–Crippen LogP) is 4.50. The Hall–Kier alpha value is -1.82. The smallest absolute Gasteiger partial charge is 0.253 e. The van der Waals surface area contributed by atoms with Gasteiger partial charge in [-0.3, -0.25) is 9.59 Å². The monoisotopic (exact) mass is 416 g/mol. The molecule has 4 nitrogen and oxygen atoms in total. The zero-order valence-electron chi connectivity index (χ0n) is 16.0. The molecule has 0 atom stereocenters. The fourth-order valence-electron chi connectivity index (χ4n) is 3.53. The van der Waals surface area contributed by atoms with Crippen LogP contribution in [-0.2, 0) is 11.3 Å². The van der Waals surface area contributed by atoms with E-state index < -0.39 is 0 Å². The van der Waals surface area contributed by atoms with Crippen molar-refractivity contribution < 1.29 is 9.59 Å². The van der Waals surface area contributed by atoms with Gasteiger partial charge in [-0.15, -0.1) is 11.8 Å². The molecule has 28 heavy (non-hydrogen) atoms. The van der Waals surface area contributed by atoms with E-state index in [1.807, 2.05) is 17.0 Å². The van der Waals surface area contributed by atoms with Gasteiger partial charge in [0.1, 0.15) is 5.78 Å². The number of benzene rings is 2. The van der Waals surface area contributed by atoms with E-state index in [2.05, 4.69) is 18.2 Å². The van der Waals surface area contributed by atoms with Crippen LogP contribution in [0.4, 0.5) is 0 Å². The highest BCUT2D eigenvalue weighted by atomic mass is 35.5. The molecule has 6 heteroatoms. The molecule has 0 saturated carbocycles. The summed E-state index contributed by atoms with van der Waals surface area (Å²) in [5.41, 5.74) is 8.79. The third kappa shape index (κ3) is 5.37. The molecule has 2 N–H and O–H groups in total. The van der Waals surface area contributed by atoms with Crippen molar-refractivity contribution in [2.45, 2.75) is 37.1 Å². The topological polar surface area (TPSA) is 63.4 Å². The molecule has 3 rings (SSSR count). The van der Waals surface area contributed by atoms with Gasteiger partial charge in [0.05, 0.1) is 5.75 Å². The molecule has 0 radical (unpaired) electrons. The number of rotatable bonds is 6. The average molecular weight is 417 g/mol. The summed E-state index contributed by atoms with van der Waals surface area (Å²) in [5.74, 6) is 0.929. The highest BCUT2D eigenvalue weighted by Gasteiger charge is 2.25. The van der Waals surface area contributed by atoms with Crippen molar-refractivity contribution >= 4 is 35.1 Å². The molecule has 1 aliphatic heterocycles. The lowest BCUT2D eigenvalue weighted by Crippen LogP contribution is -2.38. The molecule has 1 aliphatic rings. The van der Waals surface area contributed by atoms with Gasteiger partial charge in [0.15, 0.2) is 0 Å². The van der Waals surface area contributed by atoms with Crippen molar-refractivity contribution in [3.05, 3.63) is 64.2 Å². The van der Waals surface area contributed by atoms with Crippen LogP contribution < -0.4 is 5.73 Å². The third-order valence-electron chi connectivity index (χ3n) is 5.00. The Morgan fingerprint density at radius 3 is 2.61 bits per heavy atom. The van der Waals surface area contributed by atoms with Crippen LogP contribution in [0, 0.1) is 0 Å². The van der Waals surface area contributed by atoms with Gasteiger partial charge in [0, 0.05) is 35.1 Å². The van der Waals surface area contributed by atoms with Gasteiger partial charge in [-0.2, -0.15) is 0 Å². The normalized spacial score (nSPS) is 14.9. The summed E-state index contributed by atoms with van der Waals surface area (Å²) in [6.07, 6.45) is 1.87. The fourth-order valence-corrected chi connectivity index (χ4v) is 4.62. The summed E-state index contributed by atoms with van der Waals surface area (Å²) >= 11 is 7.61. The quantitative estimate of drug-likeness (QED) is 0.704. The number of hydrogen-bond acceptors (Lipinski definition) is 4.